The van der Waals surface area contributed by atoms with Crippen molar-refractivity contribution < 1.29 is 14.6 Å². The molecule has 1 aromatic carbocycles. The Morgan fingerprint density at radius 2 is 2.24 bits per heavy atom. The molecule has 5 nitrogen and oxygen atoms in total. The first-order chi connectivity index (χ1) is 9.99. The van der Waals surface area contributed by atoms with E-state index >= 15 is 0 Å². The van der Waals surface area contributed by atoms with Gasteiger partial charge in [0.05, 0.1) is 11.5 Å². The summed E-state index contributed by atoms with van der Waals surface area (Å²) in [5.41, 5.74) is 2.01. The number of epoxide rings is 1. The predicted octanol–water partition coefficient (Wildman–Crippen LogP) is 0.914. The van der Waals surface area contributed by atoms with Crippen LogP contribution < -0.4 is 5.32 Å². The van der Waals surface area contributed by atoms with Crippen LogP contribution in [0, 0.1) is 11.8 Å². The molecule has 5 heteroatoms. The van der Waals surface area contributed by atoms with E-state index < -0.39 is 5.85 Å². The maximum Gasteiger partial charge on any atom is 0.231 e. The minimum Gasteiger partial charge on any atom is -0.508 e. The van der Waals surface area contributed by atoms with Crippen LogP contribution in [0.3, 0.4) is 0 Å². The Kier molecular flexibility index (Phi) is 1.86. The molecule has 1 saturated carbocycles. The highest BCUT2D eigenvalue weighted by Crippen LogP contribution is 2.69. The van der Waals surface area contributed by atoms with Crippen molar-refractivity contribution in [2.24, 2.45) is 11.8 Å². The van der Waals surface area contributed by atoms with Crippen LogP contribution in [0.4, 0.5) is 0 Å². The van der Waals surface area contributed by atoms with Crippen LogP contribution in [-0.2, 0) is 21.5 Å². The lowest BCUT2D eigenvalue weighted by atomic mass is 9.95. The van der Waals surface area contributed by atoms with Crippen molar-refractivity contribution in [3.8, 4) is 5.75 Å². The molecule has 0 aromatic heterocycles. The molecule has 2 N–H and O–H groups in total. The van der Waals surface area contributed by atoms with Crippen LogP contribution in [-0.4, -0.2) is 34.4 Å². The molecule has 5 rings (SSSR count). The number of benzene rings is 1. The fraction of sp³-hybridized carbons (Fsp3) is 0.562. The molecule has 2 saturated heterocycles. The van der Waals surface area contributed by atoms with E-state index in [1.807, 2.05) is 30.9 Å². The lowest BCUT2D eigenvalue weighted by Gasteiger charge is -2.40. The number of carbonyl (C=O) groups is 1. The van der Waals surface area contributed by atoms with E-state index in [1.165, 1.54) is 5.56 Å². The Balaban J connectivity index is 1.63. The van der Waals surface area contributed by atoms with Crippen LogP contribution in [0.25, 0.3) is 0 Å². The highest BCUT2D eigenvalue weighted by molar-refractivity contribution is 5.89. The Labute approximate surface area is 122 Å². The zero-order valence-corrected chi connectivity index (χ0v) is 12.1. The van der Waals surface area contributed by atoms with Gasteiger partial charge in [0.15, 0.2) is 0 Å². The molecule has 2 heterocycles. The van der Waals surface area contributed by atoms with Crippen molar-refractivity contribution in [1.29, 1.82) is 0 Å². The van der Waals surface area contributed by atoms with Gasteiger partial charge in [-0.1, -0.05) is 6.07 Å². The van der Waals surface area contributed by atoms with Gasteiger partial charge >= 0.3 is 0 Å². The molecule has 21 heavy (non-hydrogen) atoms. The topological polar surface area (TPSA) is 65.1 Å². The normalized spacial score (nSPS) is 42.0. The molecular formula is C16H18N2O3. The van der Waals surface area contributed by atoms with Crippen molar-refractivity contribution >= 4 is 5.91 Å². The maximum absolute atomic E-state index is 12.9. The van der Waals surface area contributed by atoms with Crippen LogP contribution in [0.2, 0.25) is 0 Å². The Morgan fingerprint density at radius 1 is 1.48 bits per heavy atom. The van der Waals surface area contributed by atoms with Crippen LogP contribution in [0.1, 0.15) is 25.0 Å². The van der Waals surface area contributed by atoms with E-state index in [9.17, 15) is 9.90 Å². The third-order valence-corrected chi connectivity index (χ3v) is 5.58. The molecule has 2 aliphatic carbocycles. The molecule has 0 radical (unpaired) electrons. The Bertz CT molecular complexity index is 682. The first-order valence-electron chi connectivity index (χ1n) is 7.58. The van der Waals surface area contributed by atoms with E-state index in [0.717, 1.165) is 12.0 Å². The van der Waals surface area contributed by atoms with Crippen molar-refractivity contribution in [3.05, 3.63) is 29.3 Å². The van der Waals surface area contributed by atoms with Gasteiger partial charge in [-0.2, -0.15) is 0 Å². The number of nitrogens with one attached hydrogen (secondary N) is 1. The van der Waals surface area contributed by atoms with Crippen LogP contribution in [0.15, 0.2) is 18.2 Å². The molecule has 4 atom stereocenters. The summed E-state index contributed by atoms with van der Waals surface area (Å²) in [5.74, 6) is 0.125. The van der Waals surface area contributed by atoms with Crippen LogP contribution in [0.5, 0.6) is 5.75 Å². The molecular weight excluding hydrogens is 268 g/mol. The predicted molar refractivity (Wildman–Crippen MR) is 74.3 cm³/mol. The third-order valence-electron chi connectivity index (χ3n) is 5.58. The van der Waals surface area contributed by atoms with Gasteiger partial charge in [0, 0.05) is 6.04 Å². The summed E-state index contributed by atoms with van der Waals surface area (Å²) in [6, 6.07) is 5.64. The molecule has 2 spiro atoms. The smallest absolute Gasteiger partial charge is 0.231 e. The summed E-state index contributed by atoms with van der Waals surface area (Å²) in [4.78, 5) is 14.8. The van der Waals surface area contributed by atoms with E-state index in [2.05, 4.69) is 5.32 Å². The number of aromatic hydroxyl groups is 1. The molecule has 110 valence electrons. The number of amides is 1. The molecule has 1 aromatic rings. The number of hydrogen-bond acceptors (Lipinski definition) is 4. The minimum atomic E-state index is -0.621. The lowest BCUT2D eigenvalue weighted by Crippen LogP contribution is -2.63. The second-order valence-electron chi connectivity index (χ2n) is 7.00. The summed E-state index contributed by atoms with van der Waals surface area (Å²) < 4.78 is 5.66. The molecule has 2 aliphatic heterocycles. The van der Waals surface area contributed by atoms with Gasteiger partial charge in [0.1, 0.15) is 12.4 Å². The lowest BCUT2D eigenvalue weighted by molar-refractivity contribution is -0.149. The van der Waals surface area contributed by atoms with Gasteiger partial charge in [-0.05, 0) is 49.4 Å². The number of fused-ring (bicyclic) bond motifs is 2. The fourth-order valence-corrected chi connectivity index (χ4v) is 4.74. The van der Waals surface area contributed by atoms with E-state index in [0.29, 0.717) is 12.5 Å². The second-order valence-corrected chi connectivity index (χ2v) is 7.00. The standard InChI is InChI=1S/C16H18N2O3/c1-8(2)18-14(20)13-12-5-9-3-4-10(19)6-11(9)16(12,13)17-15(18)7-21-15/h3-4,6,8,12-13,17,19H,5,7H2,1-2H3/t12-,13?,15?,16?/m0/s1. The molecule has 1 amide bonds. The number of ether oxygens (including phenoxy) is 1. The maximum atomic E-state index is 12.9. The Hall–Kier alpha value is -1.59. The van der Waals surface area contributed by atoms with E-state index in [4.69, 9.17) is 4.74 Å². The van der Waals surface area contributed by atoms with Crippen LogP contribution >= 0.6 is 0 Å². The Morgan fingerprint density at radius 3 is 2.90 bits per heavy atom. The number of nitrogens with zero attached hydrogens (tertiary/aromatic N) is 1. The molecule has 3 unspecified atom stereocenters. The van der Waals surface area contributed by atoms with E-state index in [-0.39, 0.29) is 29.2 Å². The first-order valence-corrected chi connectivity index (χ1v) is 7.58. The number of carbonyl (C=O) groups excluding carboxylic acids is 1. The summed E-state index contributed by atoms with van der Waals surface area (Å²) in [5, 5.41) is 13.5. The summed E-state index contributed by atoms with van der Waals surface area (Å²) in [6.07, 6.45) is 0.904. The third kappa shape index (κ3) is 1.19. The van der Waals surface area contributed by atoms with Crippen molar-refractivity contribution in [2.45, 2.75) is 37.7 Å². The van der Waals surface area contributed by atoms with Gasteiger partial charge in [0.2, 0.25) is 11.8 Å². The highest BCUT2D eigenvalue weighted by Gasteiger charge is 2.80. The van der Waals surface area contributed by atoms with Gasteiger partial charge < -0.3 is 9.84 Å². The average molecular weight is 286 g/mol. The fourth-order valence-electron chi connectivity index (χ4n) is 4.74. The quantitative estimate of drug-likeness (QED) is 0.753. The van der Waals surface area contributed by atoms with Gasteiger partial charge in [-0.15, -0.1) is 0 Å². The SMILES string of the molecule is CC(C)N1C(=O)C2[C@@H]3Cc4ccc(O)cc4C23NC12CO2. The second kappa shape index (κ2) is 3.25. The van der Waals surface area contributed by atoms with Gasteiger partial charge in [-0.25, -0.2) is 0 Å². The van der Waals surface area contributed by atoms with Gasteiger partial charge in [0.25, 0.3) is 0 Å². The number of rotatable bonds is 1. The molecule has 3 fully saturated rings. The van der Waals surface area contributed by atoms with Crippen molar-refractivity contribution in [3.63, 3.8) is 0 Å². The largest absolute Gasteiger partial charge is 0.508 e. The number of phenols is 1. The van der Waals surface area contributed by atoms with E-state index in [1.54, 1.807) is 6.07 Å². The zero-order valence-electron chi connectivity index (χ0n) is 12.1. The number of phenolic OH excluding ortho intramolecular Hbond substituents is 1. The monoisotopic (exact) mass is 286 g/mol. The minimum absolute atomic E-state index is 0.0102. The highest BCUT2D eigenvalue weighted by atomic mass is 16.6. The number of hydrogen-bond donors (Lipinski definition) is 2. The summed E-state index contributed by atoms with van der Waals surface area (Å²) >= 11 is 0. The van der Waals surface area contributed by atoms with Crippen molar-refractivity contribution in [1.82, 2.24) is 10.2 Å². The van der Waals surface area contributed by atoms with Crippen molar-refractivity contribution in [2.75, 3.05) is 6.61 Å². The van der Waals surface area contributed by atoms with Gasteiger partial charge in [-0.3, -0.25) is 15.0 Å². The first kappa shape index (κ1) is 12.0. The molecule has 0 bridgehead atoms. The molecule has 4 aliphatic rings. The average Bonchev–Trinajstić information content (AvgIpc) is 3.28. The summed E-state index contributed by atoms with van der Waals surface area (Å²) in [7, 11) is 0. The summed E-state index contributed by atoms with van der Waals surface area (Å²) in [6.45, 7) is 4.60. The zero-order chi connectivity index (χ0) is 14.6.